The Morgan fingerprint density at radius 1 is 0.943 bits per heavy atom. The van der Waals surface area contributed by atoms with E-state index in [1.165, 1.54) is 22.3 Å². The van der Waals surface area contributed by atoms with Crippen molar-refractivity contribution in [1.29, 1.82) is 0 Å². The number of hydrogen-bond acceptors (Lipinski definition) is 4. The smallest absolute Gasteiger partial charge is 0.407 e. The van der Waals surface area contributed by atoms with Crippen molar-refractivity contribution in [3.8, 4) is 11.1 Å². The second kappa shape index (κ2) is 11.9. The molecule has 35 heavy (non-hydrogen) atoms. The van der Waals surface area contributed by atoms with Gasteiger partial charge in [0.05, 0.1) is 0 Å². The number of benzene rings is 2. The Bertz CT molecular complexity index is 1010. The highest BCUT2D eigenvalue weighted by Gasteiger charge is 2.29. The summed E-state index contributed by atoms with van der Waals surface area (Å²) in [6, 6.07) is 16.5. The van der Waals surface area contributed by atoms with Crippen LogP contribution in [0.15, 0.2) is 48.5 Å². The number of carboxylic acids is 1. The Kier molecular flexibility index (Phi) is 8.40. The van der Waals surface area contributed by atoms with Gasteiger partial charge in [-0.05, 0) is 53.9 Å². The van der Waals surface area contributed by atoms with Crippen LogP contribution in [0, 0.1) is 5.92 Å². The minimum atomic E-state index is -0.776. The molecule has 1 aliphatic carbocycles. The maximum atomic E-state index is 12.4. The molecule has 0 aromatic heterocycles. The van der Waals surface area contributed by atoms with E-state index in [0.29, 0.717) is 38.5 Å². The number of carbonyl (C=O) groups is 3. The van der Waals surface area contributed by atoms with E-state index in [-0.39, 0.29) is 18.2 Å². The molecule has 0 saturated carbocycles. The first-order chi connectivity index (χ1) is 17.0. The Hall–Kier alpha value is -3.35. The van der Waals surface area contributed by atoms with Gasteiger partial charge in [-0.15, -0.1) is 0 Å². The summed E-state index contributed by atoms with van der Waals surface area (Å²) in [5.41, 5.74) is 4.79. The van der Waals surface area contributed by atoms with E-state index in [1.54, 1.807) is 0 Å². The molecule has 4 rings (SSSR count). The largest absolute Gasteiger partial charge is 0.481 e. The number of unbranched alkanes of at least 4 members (excludes halogenated alkanes) is 2. The highest BCUT2D eigenvalue weighted by Crippen LogP contribution is 2.44. The zero-order valence-corrected chi connectivity index (χ0v) is 20.1. The van der Waals surface area contributed by atoms with Crippen LogP contribution in [0.5, 0.6) is 0 Å². The highest BCUT2D eigenvalue weighted by atomic mass is 16.5. The number of fused-ring (bicyclic) bond motifs is 3. The fourth-order valence-electron chi connectivity index (χ4n) is 5.20. The summed E-state index contributed by atoms with van der Waals surface area (Å²) in [4.78, 5) is 37.2. The molecule has 1 unspecified atom stereocenters. The molecular weight excluding hydrogens is 444 g/mol. The maximum absolute atomic E-state index is 12.4. The molecule has 0 spiro atoms. The van der Waals surface area contributed by atoms with Gasteiger partial charge in [0, 0.05) is 38.4 Å². The standard InChI is InChI=1S/C28H34N2O5/c31-26(30-17-15-20(18-30)13-14-27(32)33)12-2-1-7-16-29-28(34)35-19-25-23-10-5-3-8-21(23)22-9-4-6-11-24(22)25/h3-6,8-11,20,25H,1-2,7,12-19H2,(H,29,34)(H,32,33). The summed E-state index contributed by atoms with van der Waals surface area (Å²) in [5.74, 6) is -0.279. The third kappa shape index (κ3) is 6.41. The molecule has 2 amide bonds. The lowest BCUT2D eigenvalue weighted by Crippen LogP contribution is -2.28. The lowest BCUT2D eigenvalue weighted by molar-refractivity contribution is -0.137. The van der Waals surface area contributed by atoms with E-state index in [2.05, 4.69) is 29.6 Å². The van der Waals surface area contributed by atoms with Crippen molar-refractivity contribution < 1.29 is 24.2 Å². The van der Waals surface area contributed by atoms with Crippen LogP contribution in [0.25, 0.3) is 11.1 Å². The molecule has 1 heterocycles. The van der Waals surface area contributed by atoms with Crippen LogP contribution in [0.3, 0.4) is 0 Å². The second-order valence-corrected chi connectivity index (χ2v) is 9.49. The zero-order chi connectivity index (χ0) is 24.6. The molecule has 7 heteroatoms. The van der Waals surface area contributed by atoms with E-state index in [9.17, 15) is 14.4 Å². The Labute approximate surface area is 206 Å². The molecule has 7 nitrogen and oxygen atoms in total. The van der Waals surface area contributed by atoms with E-state index in [1.807, 2.05) is 29.2 Å². The monoisotopic (exact) mass is 478 g/mol. The van der Waals surface area contributed by atoms with Gasteiger partial charge in [-0.25, -0.2) is 4.79 Å². The van der Waals surface area contributed by atoms with E-state index < -0.39 is 12.1 Å². The van der Waals surface area contributed by atoms with Gasteiger partial charge >= 0.3 is 12.1 Å². The number of alkyl carbamates (subject to hydrolysis) is 1. The van der Waals surface area contributed by atoms with Gasteiger partial charge in [0.2, 0.25) is 5.91 Å². The van der Waals surface area contributed by atoms with Crippen molar-refractivity contribution in [1.82, 2.24) is 10.2 Å². The van der Waals surface area contributed by atoms with Gasteiger partial charge < -0.3 is 20.1 Å². The molecule has 2 aromatic rings. The molecule has 2 N–H and O–H groups in total. The zero-order valence-electron chi connectivity index (χ0n) is 20.1. The van der Waals surface area contributed by atoms with Crippen molar-refractivity contribution in [2.24, 2.45) is 5.92 Å². The number of amides is 2. The SMILES string of the molecule is O=C(O)CCC1CCN(C(=O)CCCCCNC(=O)OCC2c3ccccc3-c3ccccc32)C1. The predicted octanol–water partition coefficient (Wildman–Crippen LogP) is 4.80. The number of ether oxygens (including phenoxy) is 1. The van der Waals surface area contributed by atoms with Crippen molar-refractivity contribution in [2.45, 2.75) is 50.9 Å². The molecule has 1 aliphatic heterocycles. The average molecular weight is 479 g/mol. The number of aliphatic carboxylic acids is 1. The fraction of sp³-hybridized carbons (Fsp3) is 0.464. The Balaban J connectivity index is 1.10. The van der Waals surface area contributed by atoms with Gasteiger partial charge in [-0.2, -0.15) is 0 Å². The van der Waals surface area contributed by atoms with Crippen molar-refractivity contribution in [3.63, 3.8) is 0 Å². The third-order valence-electron chi connectivity index (χ3n) is 7.09. The molecule has 0 radical (unpaired) electrons. The summed E-state index contributed by atoms with van der Waals surface area (Å²) in [7, 11) is 0. The minimum Gasteiger partial charge on any atom is -0.481 e. The van der Waals surface area contributed by atoms with Gasteiger partial charge in [-0.3, -0.25) is 9.59 Å². The minimum absolute atomic E-state index is 0.0495. The molecule has 0 bridgehead atoms. The second-order valence-electron chi connectivity index (χ2n) is 9.49. The van der Waals surface area contributed by atoms with Crippen LogP contribution >= 0.6 is 0 Å². The topological polar surface area (TPSA) is 95.9 Å². The maximum Gasteiger partial charge on any atom is 0.407 e. The third-order valence-corrected chi connectivity index (χ3v) is 7.09. The number of hydrogen-bond donors (Lipinski definition) is 2. The van der Waals surface area contributed by atoms with Gasteiger partial charge in [0.25, 0.3) is 0 Å². The number of likely N-dealkylation sites (tertiary alicyclic amines) is 1. The Morgan fingerprint density at radius 3 is 2.31 bits per heavy atom. The molecule has 2 aliphatic rings. The van der Waals surface area contributed by atoms with E-state index in [4.69, 9.17) is 9.84 Å². The summed E-state index contributed by atoms with van der Waals surface area (Å²) >= 11 is 0. The van der Waals surface area contributed by atoms with Crippen LogP contribution in [0.1, 0.15) is 62.0 Å². The van der Waals surface area contributed by atoms with Crippen LogP contribution < -0.4 is 5.32 Å². The number of carboxylic acid groups (broad SMARTS) is 1. The molecule has 1 atom stereocenters. The van der Waals surface area contributed by atoms with Gasteiger partial charge in [0.15, 0.2) is 0 Å². The van der Waals surface area contributed by atoms with Crippen molar-refractivity contribution in [2.75, 3.05) is 26.2 Å². The quantitative estimate of drug-likeness (QED) is 0.453. The summed E-state index contributed by atoms with van der Waals surface area (Å²) < 4.78 is 5.55. The normalized spacial score (nSPS) is 16.6. The first kappa shape index (κ1) is 24.8. The first-order valence-corrected chi connectivity index (χ1v) is 12.6. The van der Waals surface area contributed by atoms with Crippen molar-refractivity contribution >= 4 is 18.0 Å². The van der Waals surface area contributed by atoms with Crippen LogP contribution in [0.2, 0.25) is 0 Å². The Morgan fingerprint density at radius 2 is 1.63 bits per heavy atom. The molecule has 1 saturated heterocycles. The van der Waals surface area contributed by atoms with Gasteiger partial charge in [-0.1, -0.05) is 55.0 Å². The number of rotatable bonds is 11. The number of nitrogens with zero attached hydrogens (tertiary/aromatic N) is 1. The average Bonchev–Trinajstić information content (AvgIpc) is 3.46. The van der Waals surface area contributed by atoms with Crippen molar-refractivity contribution in [3.05, 3.63) is 59.7 Å². The fourth-order valence-corrected chi connectivity index (χ4v) is 5.20. The van der Waals surface area contributed by atoms with Gasteiger partial charge in [0.1, 0.15) is 6.61 Å². The van der Waals surface area contributed by atoms with E-state index in [0.717, 1.165) is 32.2 Å². The van der Waals surface area contributed by atoms with E-state index >= 15 is 0 Å². The predicted molar refractivity (Wildman–Crippen MR) is 133 cm³/mol. The molecular formula is C28H34N2O5. The first-order valence-electron chi connectivity index (χ1n) is 12.6. The summed E-state index contributed by atoms with van der Waals surface area (Å²) in [6.07, 6.45) is 4.21. The van der Waals surface area contributed by atoms with Crippen LogP contribution in [-0.2, 0) is 14.3 Å². The van der Waals surface area contributed by atoms with Crippen LogP contribution in [-0.4, -0.2) is 54.2 Å². The summed E-state index contributed by atoms with van der Waals surface area (Å²) in [6.45, 7) is 2.23. The summed E-state index contributed by atoms with van der Waals surface area (Å²) in [5, 5.41) is 11.6. The highest BCUT2D eigenvalue weighted by molar-refractivity contribution is 5.79. The molecule has 1 fully saturated rings. The lowest BCUT2D eigenvalue weighted by atomic mass is 9.98. The molecule has 186 valence electrons. The number of nitrogens with one attached hydrogen (secondary N) is 1. The molecule has 2 aromatic carbocycles. The number of carbonyl (C=O) groups excluding carboxylic acids is 2. The lowest BCUT2D eigenvalue weighted by Gasteiger charge is -2.16. The van der Waals surface area contributed by atoms with Crippen LogP contribution in [0.4, 0.5) is 4.79 Å².